The molecule has 4 aromatic heterocycles. The molecule has 10 heteroatoms. The second kappa shape index (κ2) is 6.87. The van der Waals surface area contributed by atoms with Gasteiger partial charge in [0.1, 0.15) is 18.4 Å². The van der Waals surface area contributed by atoms with Gasteiger partial charge in [-0.3, -0.25) is 14.0 Å². The van der Waals surface area contributed by atoms with Crippen molar-refractivity contribution in [1.29, 1.82) is 0 Å². The van der Waals surface area contributed by atoms with E-state index in [0.717, 1.165) is 5.69 Å². The Morgan fingerprint density at radius 3 is 2.82 bits per heavy atom. The molecule has 1 amide bonds. The molecule has 0 aliphatic heterocycles. The van der Waals surface area contributed by atoms with Crippen LogP contribution in [0.25, 0.3) is 11.2 Å². The van der Waals surface area contributed by atoms with Crippen molar-refractivity contribution in [3.63, 3.8) is 0 Å². The van der Waals surface area contributed by atoms with Gasteiger partial charge in [-0.15, -0.1) is 10.2 Å². The van der Waals surface area contributed by atoms with Crippen LogP contribution in [0.4, 0.5) is 5.69 Å². The fourth-order valence-corrected chi connectivity index (χ4v) is 2.98. The van der Waals surface area contributed by atoms with Crippen molar-refractivity contribution in [1.82, 2.24) is 34.0 Å². The summed E-state index contributed by atoms with van der Waals surface area (Å²) in [5.74, 6) is 0.322. The van der Waals surface area contributed by atoms with Gasteiger partial charge in [-0.2, -0.15) is 10.2 Å². The maximum atomic E-state index is 12.8. The summed E-state index contributed by atoms with van der Waals surface area (Å²) in [5.41, 5.74) is 2.14. The van der Waals surface area contributed by atoms with Gasteiger partial charge >= 0.3 is 0 Å². The summed E-state index contributed by atoms with van der Waals surface area (Å²) in [7, 11) is 0. The Morgan fingerprint density at radius 2 is 2.07 bits per heavy atom. The second-order valence-corrected chi connectivity index (χ2v) is 6.82. The van der Waals surface area contributed by atoms with Crippen LogP contribution in [-0.4, -0.2) is 39.9 Å². The van der Waals surface area contributed by atoms with E-state index in [1.807, 2.05) is 20.8 Å². The molecule has 10 nitrogen and oxygen atoms in total. The molecular weight excluding hydrogens is 360 g/mol. The highest BCUT2D eigenvalue weighted by molar-refractivity contribution is 5.90. The number of fused-ring (bicyclic) bond motifs is 2. The van der Waals surface area contributed by atoms with Gasteiger partial charge in [0.25, 0.3) is 5.56 Å². The van der Waals surface area contributed by atoms with Crippen molar-refractivity contribution in [2.24, 2.45) is 0 Å². The zero-order valence-corrected chi connectivity index (χ0v) is 15.8. The molecule has 0 aliphatic rings. The Balaban J connectivity index is 1.65. The fraction of sp³-hybridized carbons (Fsp3) is 0.333. The number of aryl methyl sites for hydroxylation is 1. The number of carbonyl (C=O) groups excluding carboxylic acids is 1. The third-order valence-corrected chi connectivity index (χ3v) is 4.40. The van der Waals surface area contributed by atoms with Crippen LogP contribution in [0.2, 0.25) is 0 Å². The molecule has 0 saturated heterocycles. The third-order valence-electron chi connectivity index (χ3n) is 4.40. The standard InChI is InChI=1S/C18H20N8O2/c1-4-12-7-14-18(28)25(23-17(11(2)3)26(14)22-12)9-16(27)20-13-5-6-15-21-19-10-24(15)8-13/h5-8,10-11H,4,9H2,1-3H3,(H,20,27). The number of amides is 1. The number of carbonyl (C=O) groups is 1. The van der Waals surface area contributed by atoms with E-state index in [1.54, 1.807) is 39.6 Å². The van der Waals surface area contributed by atoms with E-state index >= 15 is 0 Å². The molecule has 0 spiro atoms. The predicted molar refractivity (Wildman–Crippen MR) is 102 cm³/mol. The quantitative estimate of drug-likeness (QED) is 0.558. The first-order valence-electron chi connectivity index (χ1n) is 9.05. The summed E-state index contributed by atoms with van der Waals surface area (Å²) in [5, 5.41) is 19.3. The molecule has 0 aliphatic carbocycles. The molecule has 0 fully saturated rings. The number of nitrogens with one attached hydrogen (secondary N) is 1. The van der Waals surface area contributed by atoms with Crippen LogP contribution in [0, 0.1) is 0 Å². The Hall–Kier alpha value is -3.56. The number of hydrogen-bond acceptors (Lipinski definition) is 6. The summed E-state index contributed by atoms with van der Waals surface area (Å²) < 4.78 is 4.47. The molecule has 0 unspecified atom stereocenters. The van der Waals surface area contributed by atoms with Gasteiger partial charge < -0.3 is 5.32 Å². The van der Waals surface area contributed by atoms with Crippen LogP contribution in [0.3, 0.4) is 0 Å². The number of hydrogen-bond donors (Lipinski definition) is 1. The van der Waals surface area contributed by atoms with Gasteiger partial charge in [0, 0.05) is 12.1 Å². The van der Waals surface area contributed by atoms with Gasteiger partial charge in [0.05, 0.1) is 11.4 Å². The van der Waals surface area contributed by atoms with Crippen molar-refractivity contribution in [2.75, 3.05) is 5.32 Å². The highest BCUT2D eigenvalue weighted by Gasteiger charge is 2.17. The van der Waals surface area contributed by atoms with Gasteiger partial charge in [-0.1, -0.05) is 20.8 Å². The molecule has 0 bridgehead atoms. The Bertz CT molecular complexity index is 1230. The van der Waals surface area contributed by atoms with Crippen molar-refractivity contribution < 1.29 is 4.79 Å². The molecule has 0 aromatic carbocycles. The van der Waals surface area contributed by atoms with Gasteiger partial charge in [0.15, 0.2) is 11.5 Å². The van der Waals surface area contributed by atoms with E-state index < -0.39 is 0 Å². The van der Waals surface area contributed by atoms with Crippen LogP contribution < -0.4 is 10.9 Å². The number of aromatic nitrogens is 7. The van der Waals surface area contributed by atoms with Crippen LogP contribution in [-0.2, 0) is 17.8 Å². The van der Waals surface area contributed by atoms with Crippen molar-refractivity contribution >= 4 is 22.8 Å². The normalized spacial score (nSPS) is 11.6. The number of nitrogens with zero attached hydrogens (tertiary/aromatic N) is 7. The average Bonchev–Trinajstić information content (AvgIpc) is 3.30. The lowest BCUT2D eigenvalue weighted by molar-refractivity contribution is -0.117. The lowest BCUT2D eigenvalue weighted by Gasteiger charge is -2.12. The largest absolute Gasteiger partial charge is 0.323 e. The minimum atomic E-state index is -0.351. The van der Waals surface area contributed by atoms with E-state index in [0.29, 0.717) is 29.1 Å². The predicted octanol–water partition coefficient (Wildman–Crippen LogP) is 1.26. The summed E-state index contributed by atoms with van der Waals surface area (Å²) in [6.45, 7) is 5.72. The third kappa shape index (κ3) is 3.13. The summed E-state index contributed by atoms with van der Waals surface area (Å²) >= 11 is 0. The summed E-state index contributed by atoms with van der Waals surface area (Å²) in [6, 6.07) is 5.23. The van der Waals surface area contributed by atoms with E-state index in [4.69, 9.17) is 0 Å². The van der Waals surface area contributed by atoms with Crippen LogP contribution in [0.5, 0.6) is 0 Å². The lowest BCUT2D eigenvalue weighted by Crippen LogP contribution is -2.32. The number of rotatable bonds is 5. The highest BCUT2D eigenvalue weighted by atomic mass is 16.2. The van der Waals surface area contributed by atoms with Gasteiger partial charge in [-0.05, 0) is 24.6 Å². The van der Waals surface area contributed by atoms with Crippen molar-refractivity contribution in [3.8, 4) is 0 Å². The molecule has 0 radical (unpaired) electrons. The average molecular weight is 380 g/mol. The maximum Gasteiger partial charge on any atom is 0.293 e. The van der Waals surface area contributed by atoms with E-state index in [2.05, 4.69) is 25.7 Å². The van der Waals surface area contributed by atoms with Crippen LogP contribution in [0.15, 0.2) is 35.5 Å². The van der Waals surface area contributed by atoms with Crippen molar-refractivity contribution in [3.05, 3.63) is 52.6 Å². The zero-order valence-electron chi connectivity index (χ0n) is 15.8. The molecular formula is C18H20N8O2. The topological polar surface area (TPSA) is 111 Å². The Morgan fingerprint density at radius 1 is 1.25 bits per heavy atom. The second-order valence-electron chi connectivity index (χ2n) is 6.82. The Kier molecular flexibility index (Phi) is 4.38. The highest BCUT2D eigenvalue weighted by Crippen LogP contribution is 2.13. The van der Waals surface area contributed by atoms with Crippen LogP contribution >= 0.6 is 0 Å². The van der Waals surface area contributed by atoms with Gasteiger partial charge in [-0.25, -0.2) is 9.20 Å². The maximum absolute atomic E-state index is 12.8. The number of anilines is 1. The molecule has 0 saturated carbocycles. The monoisotopic (exact) mass is 380 g/mol. The van der Waals surface area contributed by atoms with E-state index in [-0.39, 0.29) is 23.9 Å². The molecule has 4 rings (SSSR count). The molecule has 28 heavy (non-hydrogen) atoms. The SMILES string of the molecule is CCc1cc2c(=O)n(CC(=O)Nc3ccc4nncn4c3)nc(C(C)C)n2n1. The van der Waals surface area contributed by atoms with Crippen molar-refractivity contribution in [2.45, 2.75) is 39.7 Å². The molecule has 1 N–H and O–H groups in total. The minimum Gasteiger partial charge on any atom is -0.323 e. The first kappa shape index (κ1) is 17.8. The first-order valence-corrected chi connectivity index (χ1v) is 9.05. The first-order chi connectivity index (χ1) is 13.5. The Labute approximate surface area is 159 Å². The smallest absolute Gasteiger partial charge is 0.293 e. The molecule has 4 aromatic rings. The van der Waals surface area contributed by atoms with Crippen LogP contribution in [0.1, 0.15) is 38.2 Å². The molecule has 4 heterocycles. The molecule has 144 valence electrons. The summed E-state index contributed by atoms with van der Waals surface area (Å²) in [6.07, 6.45) is 3.96. The summed E-state index contributed by atoms with van der Waals surface area (Å²) in [4.78, 5) is 25.3. The van der Waals surface area contributed by atoms with E-state index in [9.17, 15) is 9.59 Å². The zero-order chi connectivity index (χ0) is 19.8. The van der Waals surface area contributed by atoms with Gasteiger partial charge in [0.2, 0.25) is 5.91 Å². The lowest BCUT2D eigenvalue weighted by atomic mass is 10.2. The minimum absolute atomic E-state index is 0.0400. The fourth-order valence-electron chi connectivity index (χ4n) is 2.98. The van der Waals surface area contributed by atoms with E-state index in [1.165, 1.54) is 4.68 Å². The molecule has 0 atom stereocenters. The number of pyridine rings is 1.